The number of rotatable bonds is 2. The van der Waals surface area contributed by atoms with E-state index in [2.05, 4.69) is 18.8 Å². The molecule has 1 saturated heterocycles. The monoisotopic (exact) mass is 253 g/mol. The molecule has 2 atom stereocenters. The normalized spacial score (nSPS) is 25.0. The van der Waals surface area contributed by atoms with Crippen LogP contribution >= 0.6 is 11.3 Å². The maximum absolute atomic E-state index is 12.3. The summed E-state index contributed by atoms with van der Waals surface area (Å²) >= 11 is 1.50. The molecule has 1 aromatic heterocycles. The number of carbonyl (C=O) groups excluding carboxylic acids is 1. The quantitative estimate of drug-likeness (QED) is 0.872. The van der Waals surface area contributed by atoms with E-state index in [1.54, 1.807) is 6.20 Å². The van der Waals surface area contributed by atoms with Crippen molar-refractivity contribution in [2.75, 3.05) is 6.54 Å². The van der Waals surface area contributed by atoms with Crippen molar-refractivity contribution < 1.29 is 4.79 Å². The lowest BCUT2D eigenvalue weighted by atomic mass is 9.99. The van der Waals surface area contributed by atoms with Gasteiger partial charge < -0.3 is 10.6 Å². The van der Waals surface area contributed by atoms with Crippen molar-refractivity contribution in [3.8, 4) is 0 Å². The Kier molecular flexibility index (Phi) is 3.79. The fourth-order valence-corrected chi connectivity index (χ4v) is 3.04. The molecule has 2 heterocycles. The Hall–Kier alpha value is -0.940. The molecule has 94 valence electrons. The van der Waals surface area contributed by atoms with Crippen LogP contribution in [0.15, 0.2) is 6.20 Å². The van der Waals surface area contributed by atoms with Gasteiger partial charge >= 0.3 is 0 Å². The van der Waals surface area contributed by atoms with Gasteiger partial charge in [0.05, 0.1) is 11.2 Å². The van der Waals surface area contributed by atoms with E-state index < -0.39 is 0 Å². The number of aryl methyl sites for hydroxylation is 1. The van der Waals surface area contributed by atoms with E-state index in [1.165, 1.54) is 11.3 Å². The van der Waals surface area contributed by atoms with Gasteiger partial charge in [0.2, 0.25) is 0 Å². The predicted molar refractivity (Wildman–Crippen MR) is 69.2 cm³/mol. The summed E-state index contributed by atoms with van der Waals surface area (Å²) in [6.45, 7) is 4.88. The van der Waals surface area contributed by atoms with Crippen LogP contribution in [-0.4, -0.2) is 34.4 Å². The number of hydrogen-bond acceptors (Lipinski definition) is 4. The van der Waals surface area contributed by atoms with Gasteiger partial charge in [0, 0.05) is 18.6 Å². The van der Waals surface area contributed by atoms with E-state index in [1.807, 2.05) is 4.90 Å². The Bertz CT molecular complexity index is 404. The van der Waals surface area contributed by atoms with Crippen LogP contribution in [0, 0.1) is 0 Å². The third-order valence-electron chi connectivity index (χ3n) is 3.24. The van der Waals surface area contributed by atoms with Gasteiger partial charge in [-0.25, -0.2) is 4.98 Å². The third-order valence-corrected chi connectivity index (χ3v) is 4.37. The summed E-state index contributed by atoms with van der Waals surface area (Å²) in [6.07, 6.45) is 4.38. The predicted octanol–water partition coefficient (Wildman–Crippen LogP) is 1.66. The first-order valence-electron chi connectivity index (χ1n) is 6.13. The molecule has 0 bridgehead atoms. The number of hydrogen-bond donors (Lipinski definition) is 1. The first-order chi connectivity index (χ1) is 8.11. The van der Waals surface area contributed by atoms with Crippen LogP contribution in [0.4, 0.5) is 0 Å². The fraction of sp³-hybridized carbons (Fsp3) is 0.667. The van der Waals surface area contributed by atoms with Crippen LogP contribution in [0.25, 0.3) is 0 Å². The number of carbonyl (C=O) groups is 1. The van der Waals surface area contributed by atoms with E-state index in [4.69, 9.17) is 5.73 Å². The van der Waals surface area contributed by atoms with Gasteiger partial charge in [0.1, 0.15) is 4.88 Å². The minimum absolute atomic E-state index is 0.113. The molecule has 5 heteroatoms. The van der Waals surface area contributed by atoms with Crippen molar-refractivity contribution in [1.29, 1.82) is 0 Å². The second-order valence-corrected chi connectivity index (χ2v) is 5.72. The first kappa shape index (κ1) is 12.5. The van der Waals surface area contributed by atoms with E-state index in [9.17, 15) is 4.79 Å². The summed E-state index contributed by atoms with van der Waals surface area (Å²) in [5.41, 5.74) is 5.90. The lowest BCUT2D eigenvalue weighted by Gasteiger charge is -2.36. The molecular formula is C12H19N3OS. The molecule has 2 N–H and O–H groups in total. The minimum Gasteiger partial charge on any atom is -0.335 e. The molecule has 0 aliphatic carbocycles. The minimum atomic E-state index is 0.113. The van der Waals surface area contributed by atoms with Gasteiger partial charge in [-0.3, -0.25) is 4.79 Å². The SMILES string of the molecule is CCc1ncc(C(=O)N2CC[C@H](N)C[C@H]2C)s1. The van der Waals surface area contributed by atoms with Crippen molar-refractivity contribution >= 4 is 17.2 Å². The average Bonchev–Trinajstić information content (AvgIpc) is 2.76. The van der Waals surface area contributed by atoms with Gasteiger partial charge in [-0.2, -0.15) is 0 Å². The summed E-state index contributed by atoms with van der Waals surface area (Å²) in [5.74, 6) is 0.113. The molecular weight excluding hydrogens is 234 g/mol. The van der Waals surface area contributed by atoms with Crippen LogP contribution < -0.4 is 5.73 Å². The zero-order chi connectivity index (χ0) is 12.4. The number of aromatic nitrogens is 1. The number of piperidine rings is 1. The third kappa shape index (κ3) is 2.66. The zero-order valence-corrected chi connectivity index (χ0v) is 11.2. The lowest BCUT2D eigenvalue weighted by molar-refractivity contribution is 0.0624. The average molecular weight is 253 g/mol. The maximum atomic E-state index is 12.3. The Morgan fingerprint density at radius 3 is 3.06 bits per heavy atom. The number of nitrogens with two attached hydrogens (primary N) is 1. The van der Waals surface area contributed by atoms with Gasteiger partial charge in [0.25, 0.3) is 5.91 Å². The summed E-state index contributed by atoms with van der Waals surface area (Å²) in [4.78, 5) is 19.2. The molecule has 0 unspecified atom stereocenters. The maximum Gasteiger partial charge on any atom is 0.265 e. The standard InChI is InChI=1S/C12H19N3OS/c1-3-11-14-7-10(17-11)12(16)15-5-4-9(13)6-8(15)2/h7-9H,3-6,13H2,1-2H3/t8-,9+/m1/s1. The Morgan fingerprint density at radius 2 is 2.47 bits per heavy atom. The molecule has 1 aliphatic heterocycles. The van der Waals surface area contributed by atoms with Crippen LogP contribution in [0.1, 0.15) is 41.4 Å². The first-order valence-corrected chi connectivity index (χ1v) is 6.94. The zero-order valence-electron chi connectivity index (χ0n) is 10.3. The molecule has 1 fully saturated rings. The highest BCUT2D eigenvalue weighted by molar-refractivity contribution is 7.13. The summed E-state index contributed by atoms with van der Waals surface area (Å²) in [7, 11) is 0. The van der Waals surface area contributed by atoms with Crippen molar-refractivity contribution in [1.82, 2.24) is 9.88 Å². The molecule has 0 aromatic carbocycles. The van der Waals surface area contributed by atoms with Crippen molar-refractivity contribution in [2.24, 2.45) is 5.73 Å². The van der Waals surface area contributed by atoms with Crippen molar-refractivity contribution in [3.05, 3.63) is 16.1 Å². The topological polar surface area (TPSA) is 59.2 Å². The Morgan fingerprint density at radius 1 is 1.71 bits per heavy atom. The number of amides is 1. The molecule has 1 aliphatic rings. The molecule has 17 heavy (non-hydrogen) atoms. The molecule has 0 radical (unpaired) electrons. The number of likely N-dealkylation sites (tertiary alicyclic amines) is 1. The highest BCUT2D eigenvalue weighted by atomic mass is 32.1. The largest absolute Gasteiger partial charge is 0.335 e. The van der Waals surface area contributed by atoms with Gasteiger partial charge in [-0.1, -0.05) is 6.92 Å². The lowest BCUT2D eigenvalue weighted by Crippen LogP contribution is -2.48. The van der Waals surface area contributed by atoms with Crippen LogP contribution in [0.3, 0.4) is 0 Å². The fourth-order valence-electron chi connectivity index (χ4n) is 2.22. The summed E-state index contributed by atoms with van der Waals surface area (Å²) in [6, 6.07) is 0.472. The van der Waals surface area contributed by atoms with Crippen LogP contribution in [0.5, 0.6) is 0 Å². The van der Waals surface area contributed by atoms with Gasteiger partial charge in [0.15, 0.2) is 0 Å². The molecule has 1 amide bonds. The highest BCUT2D eigenvalue weighted by Crippen LogP contribution is 2.21. The smallest absolute Gasteiger partial charge is 0.265 e. The van der Waals surface area contributed by atoms with Crippen molar-refractivity contribution in [3.63, 3.8) is 0 Å². The summed E-state index contributed by atoms with van der Waals surface area (Å²) in [5, 5.41) is 1.02. The Labute approximate surface area is 106 Å². The Balaban J connectivity index is 2.09. The van der Waals surface area contributed by atoms with Crippen LogP contribution in [-0.2, 0) is 6.42 Å². The van der Waals surface area contributed by atoms with Crippen LogP contribution in [0.2, 0.25) is 0 Å². The van der Waals surface area contributed by atoms with Gasteiger partial charge in [-0.05, 0) is 26.2 Å². The molecule has 1 aromatic rings. The highest BCUT2D eigenvalue weighted by Gasteiger charge is 2.28. The molecule has 4 nitrogen and oxygen atoms in total. The molecule has 0 spiro atoms. The summed E-state index contributed by atoms with van der Waals surface area (Å²) < 4.78 is 0. The molecule has 0 saturated carbocycles. The van der Waals surface area contributed by atoms with E-state index in [0.717, 1.165) is 35.7 Å². The van der Waals surface area contributed by atoms with Gasteiger partial charge in [-0.15, -0.1) is 11.3 Å². The molecule has 2 rings (SSSR count). The van der Waals surface area contributed by atoms with E-state index in [-0.39, 0.29) is 18.0 Å². The number of nitrogens with zero attached hydrogens (tertiary/aromatic N) is 2. The second-order valence-electron chi connectivity index (χ2n) is 4.60. The van der Waals surface area contributed by atoms with E-state index >= 15 is 0 Å². The van der Waals surface area contributed by atoms with E-state index in [0.29, 0.717) is 0 Å². The second kappa shape index (κ2) is 5.14. The number of thiazole rings is 1. The van der Waals surface area contributed by atoms with Crippen molar-refractivity contribution in [2.45, 2.75) is 45.2 Å².